The molecule has 198 valence electrons. The van der Waals surface area contributed by atoms with E-state index in [0.717, 1.165) is 61.7 Å². The molecule has 1 aliphatic rings. The number of piperazine rings is 1. The van der Waals surface area contributed by atoms with Gasteiger partial charge in [-0.25, -0.2) is 0 Å². The Labute approximate surface area is 227 Å². The summed E-state index contributed by atoms with van der Waals surface area (Å²) < 4.78 is 2.24. The summed E-state index contributed by atoms with van der Waals surface area (Å²) in [4.78, 5) is 17.5. The molecular weight excluding hydrogens is 488 g/mol. The Balaban J connectivity index is 1.11. The fourth-order valence-corrected chi connectivity index (χ4v) is 5.19. The van der Waals surface area contributed by atoms with Crippen LogP contribution < -0.4 is 10.2 Å². The smallest absolute Gasteiger partial charge is 0.256 e. The van der Waals surface area contributed by atoms with Crippen LogP contribution in [0.1, 0.15) is 15.9 Å². The van der Waals surface area contributed by atoms with Crippen LogP contribution in [0.15, 0.2) is 91.1 Å². The number of hydrogen-bond donors (Lipinski definition) is 3. The first kappa shape index (κ1) is 24.9. The van der Waals surface area contributed by atoms with Gasteiger partial charge < -0.3 is 19.9 Å². The molecule has 5 aromatic rings. The zero-order valence-corrected chi connectivity index (χ0v) is 21.8. The summed E-state index contributed by atoms with van der Waals surface area (Å²) in [5.41, 5.74) is 5.93. The van der Waals surface area contributed by atoms with E-state index in [4.69, 9.17) is 5.11 Å². The van der Waals surface area contributed by atoms with Gasteiger partial charge in [-0.15, -0.1) is 0 Å². The molecule has 39 heavy (non-hydrogen) atoms. The minimum absolute atomic E-state index is 0.194. The molecule has 1 aliphatic heterocycles. The number of benzene rings is 3. The van der Waals surface area contributed by atoms with Gasteiger partial charge in [0.2, 0.25) is 0 Å². The number of fused-ring (bicyclic) bond motifs is 1. The number of aliphatic hydroxyl groups excluding tert-OH is 1. The van der Waals surface area contributed by atoms with Crippen LogP contribution in [0.4, 0.5) is 11.5 Å². The Kier molecular flexibility index (Phi) is 7.12. The molecule has 0 bridgehead atoms. The summed E-state index contributed by atoms with van der Waals surface area (Å²) in [6.45, 7) is 5.38. The predicted molar refractivity (Wildman–Crippen MR) is 155 cm³/mol. The van der Waals surface area contributed by atoms with E-state index in [9.17, 15) is 4.79 Å². The molecule has 1 fully saturated rings. The molecule has 0 radical (unpaired) electrons. The summed E-state index contributed by atoms with van der Waals surface area (Å²) >= 11 is 0. The minimum atomic E-state index is -0.195. The van der Waals surface area contributed by atoms with Crippen LogP contribution in [-0.4, -0.2) is 70.0 Å². The molecule has 1 amide bonds. The number of β-amino-alcohol motifs (C(OH)–C–C–N with tert-alkyl or cyclic N) is 1. The number of rotatable bonds is 8. The highest BCUT2D eigenvalue weighted by atomic mass is 16.3. The lowest BCUT2D eigenvalue weighted by Gasteiger charge is -2.35. The molecule has 6 rings (SSSR count). The Morgan fingerprint density at radius 2 is 1.72 bits per heavy atom. The molecule has 0 atom stereocenters. The van der Waals surface area contributed by atoms with Gasteiger partial charge in [-0.1, -0.05) is 42.5 Å². The Morgan fingerprint density at radius 1 is 0.923 bits per heavy atom. The maximum absolute atomic E-state index is 12.9. The molecule has 3 N–H and O–H groups in total. The molecule has 0 spiro atoms. The standard InChI is InChI=1S/C31H32N6O2/c38-19-18-35-14-16-36(17-15-35)27-10-8-25(9-11-27)31(39)32-30-21-28(33-34-30)26-7-6-24-12-13-37(29(24)20-26)22-23-4-2-1-3-5-23/h1-13,20-21,38H,14-19,22H2,(H2,32,33,34,39). The van der Waals surface area contributed by atoms with E-state index in [1.165, 1.54) is 10.9 Å². The van der Waals surface area contributed by atoms with E-state index in [1.54, 1.807) is 0 Å². The third-order valence-electron chi connectivity index (χ3n) is 7.38. The third-order valence-corrected chi connectivity index (χ3v) is 7.38. The number of nitrogens with zero attached hydrogens (tertiary/aromatic N) is 4. The molecule has 8 nitrogen and oxygen atoms in total. The average molecular weight is 521 g/mol. The Hall–Kier alpha value is -4.40. The summed E-state index contributed by atoms with van der Waals surface area (Å²) in [7, 11) is 0. The number of hydrogen-bond acceptors (Lipinski definition) is 5. The van der Waals surface area contributed by atoms with Crippen molar-refractivity contribution in [2.24, 2.45) is 0 Å². The van der Waals surface area contributed by atoms with Crippen molar-refractivity contribution in [2.75, 3.05) is 49.5 Å². The lowest BCUT2D eigenvalue weighted by atomic mass is 10.1. The second kappa shape index (κ2) is 11.1. The number of nitrogens with one attached hydrogen (secondary N) is 2. The molecule has 3 heterocycles. The van der Waals surface area contributed by atoms with Crippen LogP contribution in [0, 0.1) is 0 Å². The van der Waals surface area contributed by atoms with Gasteiger partial charge in [0, 0.05) is 73.9 Å². The van der Waals surface area contributed by atoms with Crippen molar-refractivity contribution in [1.29, 1.82) is 0 Å². The van der Waals surface area contributed by atoms with Crippen LogP contribution in [0.2, 0.25) is 0 Å². The van der Waals surface area contributed by atoms with Crippen molar-refractivity contribution in [3.8, 4) is 11.3 Å². The number of H-pyrrole nitrogens is 1. The van der Waals surface area contributed by atoms with E-state index in [2.05, 4.69) is 84.6 Å². The first-order valence-corrected chi connectivity index (χ1v) is 13.3. The van der Waals surface area contributed by atoms with Gasteiger partial charge in [0.1, 0.15) is 0 Å². The molecule has 0 saturated carbocycles. The monoisotopic (exact) mass is 520 g/mol. The van der Waals surface area contributed by atoms with E-state index < -0.39 is 0 Å². The summed E-state index contributed by atoms with van der Waals surface area (Å²) in [5, 5.41) is 20.6. The van der Waals surface area contributed by atoms with Crippen LogP contribution in [0.5, 0.6) is 0 Å². The number of aromatic nitrogens is 3. The number of aromatic amines is 1. The molecular formula is C31H32N6O2. The maximum atomic E-state index is 12.9. The van der Waals surface area contributed by atoms with E-state index in [-0.39, 0.29) is 12.5 Å². The largest absolute Gasteiger partial charge is 0.395 e. The van der Waals surface area contributed by atoms with E-state index in [1.807, 2.05) is 36.4 Å². The van der Waals surface area contributed by atoms with Gasteiger partial charge in [-0.2, -0.15) is 5.10 Å². The SMILES string of the molecule is O=C(Nc1cc(-c2ccc3ccn(Cc4ccccc4)c3c2)[nH]n1)c1ccc(N2CCN(CCO)CC2)cc1. The van der Waals surface area contributed by atoms with E-state index in [0.29, 0.717) is 11.4 Å². The highest BCUT2D eigenvalue weighted by Crippen LogP contribution is 2.26. The fraction of sp³-hybridized carbons (Fsp3) is 0.226. The minimum Gasteiger partial charge on any atom is -0.395 e. The number of carbonyl (C=O) groups is 1. The zero-order chi connectivity index (χ0) is 26.6. The summed E-state index contributed by atoms with van der Waals surface area (Å²) in [5.74, 6) is 0.290. The maximum Gasteiger partial charge on any atom is 0.256 e. The van der Waals surface area contributed by atoms with Crippen molar-refractivity contribution in [2.45, 2.75) is 6.54 Å². The van der Waals surface area contributed by atoms with Crippen LogP contribution >= 0.6 is 0 Å². The van der Waals surface area contributed by atoms with Crippen LogP contribution in [-0.2, 0) is 6.54 Å². The molecule has 0 aliphatic carbocycles. The zero-order valence-electron chi connectivity index (χ0n) is 21.8. The normalized spacial score (nSPS) is 14.1. The third kappa shape index (κ3) is 5.57. The van der Waals surface area contributed by atoms with Gasteiger partial charge in [0.25, 0.3) is 5.91 Å². The van der Waals surface area contributed by atoms with Crippen LogP contribution in [0.25, 0.3) is 22.2 Å². The number of amides is 1. The van der Waals surface area contributed by atoms with Crippen molar-refractivity contribution >= 4 is 28.3 Å². The molecule has 3 aromatic carbocycles. The Morgan fingerprint density at radius 3 is 2.49 bits per heavy atom. The predicted octanol–water partition coefficient (Wildman–Crippen LogP) is 4.45. The van der Waals surface area contributed by atoms with Crippen LogP contribution in [0.3, 0.4) is 0 Å². The quantitative estimate of drug-likeness (QED) is 0.281. The second-order valence-electron chi connectivity index (χ2n) is 9.92. The van der Waals surface area contributed by atoms with Gasteiger partial charge in [-0.05, 0) is 47.3 Å². The Bertz CT molecular complexity index is 1550. The number of aliphatic hydroxyl groups is 1. The lowest BCUT2D eigenvalue weighted by Crippen LogP contribution is -2.47. The number of carbonyl (C=O) groups excluding carboxylic acids is 1. The molecule has 2 aromatic heterocycles. The lowest BCUT2D eigenvalue weighted by molar-refractivity contribution is 0.102. The number of anilines is 2. The topological polar surface area (TPSA) is 89.4 Å². The molecule has 0 unspecified atom stereocenters. The van der Waals surface area contributed by atoms with Crippen molar-refractivity contribution in [3.63, 3.8) is 0 Å². The highest BCUT2D eigenvalue weighted by Gasteiger charge is 2.17. The average Bonchev–Trinajstić information content (AvgIpc) is 3.61. The van der Waals surface area contributed by atoms with Crippen molar-refractivity contribution < 1.29 is 9.90 Å². The fourth-order valence-electron chi connectivity index (χ4n) is 5.19. The van der Waals surface area contributed by atoms with Gasteiger partial charge >= 0.3 is 0 Å². The summed E-state index contributed by atoms with van der Waals surface area (Å²) in [6.07, 6.45) is 2.11. The van der Waals surface area contributed by atoms with E-state index >= 15 is 0 Å². The van der Waals surface area contributed by atoms with Gasteiger partial charge in [0.05, 0.1) is 12.3 Å². The molecule has 8 heteroatoms. The van der Waals surface area contributed by atoms with Gasteiger partial charge in [-0.3, -0.25) is 14.8 Å². The first-order valence-electron chi connectivity index (χ1n) is 13.3. The molecule has 1 saturated heterocycles. The second-order valence-corrected chi connectivity index (χ2v) is 9.92. The summed E-state index contributed by atoms with van der Waals surface area (Å²) in [6, 6.07) is 28.4. The van der Waals surface area contributed by atoms with Crippen molar-refractivity contribution in [3.05, 3.63) is 102 Å². The van der Waals surface area contributed by atoms with Crippen molar-refractivity contribution in [1.82, 2.24) is 19.7 Å². The first-order chi connectivity index (χ1) is 19.2. The van der Waals surface area contributed by atoms with Gasteiger partial charge in [0.15, 0.2) is 5.82 Å². The highest BCUT2D eigenvalue weighted by molar-refractivity contribution is 6.04.